The third-order valence-electron chi connectivity index (χ3n) is 2.05. The molecule has 0 bridgehead atoms. The minimum atomic E-state index is -5.27. The van der Waals surface area contributed by atoms with Crippen LogP contribution in [0.2, 0.25) is 0 Å². The second-order valence-corrected chi connectivity index (χ2v) is 5.36. The van der Waals surface area contributed by atoms with E-state index < -0.39 is 21.6 Å². The highest BCUT2D eigenvalue weighted by molar-refractivity contribution is 7.90. The summed E-state index contributed by atoms with van der Waals surface area (Å²) in [5.74, 6) is 0. The van der Waals surface area contributed by atoms with Gasteiger partial charge < -0.3 is 0 Å². The van der Waals surface area contributed by atoms with Gasteiger partial charge in [0, 0.05) is 6.04 Å². The monoisotopic (exact) mass is 267 g/mol. The maximum atomic E-state index is 12.1. The Morgan fingerprint density at radius 1 is 1.24 bits per heavy atom. The van der Waals surface area contributed by atoms with Gasteiger partial charge in [-0.3, -0.25) is 0 Å². The molecule has 0 aromatic heterocycles. The molecule has 0 heterocycles. The van der Waals surface area contributed by atoms with Crippen LogP contribution in [0.4, 0.5) is 13.2 Å². The molecule has 1 rings (SSSR count). The number of rotatable bonds is 4. The molecule has 0 spiro atoms. The van der Waals surface area contributed by atoms with Gasteiger partial charge in [0.05, 0.1) is 0 Å². The molecule has 0 fully saturated rings. The lowest BCUT2D eigenvalue weighted by Gasteiger charge is -2.15. The molecule has 0 saturated heterocycles. The summed E-state index contributed by atoms with van der Waals surface area (Å²) in [6, 6.07) is 7.87. The van der Waals surface area contributed by atoms with Crippen molar-refractivity contribution >= 4 is 10.0 Å². The quantitative estimate of drug-likeness (QED) is 0.907. The molecule has 17 heavy (non-hydrogen) atoms. The molecule has 1 N–H and O–H groups in total. The average Bonchev–Trinajstić information content (AvgIpc) is 2.16. The summed E-state index contributed by atoms with van der Waals surface area (Å²) >= 11 is 0. The Bertz CT molecular complexity index is 456. The van der Waals surface area contributed by atoms with Gasteiger partial charge in [-0.2, -0.15) is 13.2 Å². The van der Waals surface area contributed by atoms with Crippen LogP contribution in [0.3, 0.4) is 0 Å². The summed E-state index contributed by atoms with van der Waals surface area (Å²) in [6.45, 7) is 1.39. The third kappa shape index (κ3) is 4.01. The second kappa shape index (κ2) is 5.05. The molecule has 0 aliphatic heterocycles. The van der Waals surface area contributed by atoms with E-state index in [4.69, 9.17) is 0 Å². The van der Waals surface area contributed by atoms with Crippen molar-refractivity contribution in [2.45, 2.75) is 24.9 Å². The molecule has 1 aromatic rings. The van der Waals surface area contributed by atoms with E-state index in [0.29, 0.717) is 0 Å². The standard InChI is InChI=1S/C10H12F3NO2S/c1-8(7-9-5-3-2-4-6-9)14-17(15,16)10(11,12)13/h2-6,8,14H,7H2,1H3. The summed E-state index contributed by atoms with van der Waals surface area (Å²) in [4.78, 5) is 0. The van der Waals surface area contributed by atoms with Crippen molar-refractivity contribution < 1.29 is 21.6 Å². The van der Waals surface area contributed by atoms with E-state index in [9.17, 15) is 21.6 Å². The lowest BCUT2D eigenvalue weighted by molar-refractivity contribution is -0.0450. The van der Waals surface area contributed by atoms with Gasteiger partial charge in [0.25, 0.3) is 0 Å². The zero-order chi connectivity index (χ0) is 13.1. The minimum Gasteiger partial charge on any atom is -0.204 e. The first-order valence-electron chi connectivity index (χ1n) is 4.85. The van der Waals surface area contributed by atoms with Gasteiger partial charge in [0.15, 0.2) is 0 Å². The zero-order valence-electron chi connectivity index (χ0n) is 9.03. The molecule has 1 aromatic carbocycles. The fourth-order valence-electron chi connectivity index (χ4n) is 1.34. The Balaban J connectivity index is 2.66. The van der Waals surface area contributed by atoms with E-state index >= 15 is 0 Å². The van der Waals surface area contributed by atoms with Gasteiger partial charge >= 0.3 is 15.5 Å². The normalized spacial score (nSPS) is 14.6. The topological polar surface area (TPSA) is 46.2 Å². The van der Waals surface area contributed by atoms with Crippen LogP contribution in [0, 0.1) is 0 Å². The van der Waals surface area contributed by atoms with Gasteiger partial charge in [-0.05, 0) is 18.9 Å². The number of hydrogen-bond acceptors (Lipinski definition) is 2. The second-order valence-electron chi connectivity index (χ2n) is 3.66. The van der Waals surface area contributed by atoms with Gasteiger partial charge in [-0.1, -0.05) is 30.3 Å². The van der Waals surface area contributed by atoms with Gasteiger partial charge in [-0.25, -0.2) is 13.1 Å². The number of sulfonamides is 1. The van der Waals surface area contributed by atoms with E-state index in [1.54, 1.807) is 35.1 Å². The van der Waals surface area contributed by atoms with Crippen LogP contribution >= 0.6 is 0 Å². The highest BCUT2D eigenvalue weighted by atomic mass is 32.2. The summed E-state index contributed by atoms with van der Waals surface area (Å²) in [5, 5.41) is 0. The average molecular weight is 267 g/mol. The van der Waals surface area contributed by atoms with Crippen LogP contribution < -0.4 is 4.72 Å². The minimum absolute atomic E-state index is 0.205. The summed E-state index contributed by atoms with van der Waals surface area (Å²) < 4.78 is 59.5. The number of alkyl halides is 3. The fourth-order valence-corrected chi connectivity index (χ4v) is 2.09. The highest BCUT2D eigenvalue weighted by Crippen LogP contribution is 2.22. The molecular weight excluding hydrogens is 255 g/mol. The Morgan fingerprint density at radius 3 is 2.24 bits per heavy atom. The Labute approximate surface area is 97.7 Å². The smallest absolute Gasteiger partial charge is 0.204 e. The molecule has 0 amide bonds. The van der Waals surface area contributed by atoms with Gasteiger partial charge in [0.2, 0.25) is 0 Å². The predicted octanol–water partition coefficient (Wildman–Crippen LogP) is 2.06. The fraction of sp³-hybridized carbons (Fsp3) is 0.400. The van der Waals surface area contributed by atoms with Crippen molar-refractivity contribution in [3.63, 3.8) is 0 Å². The SMILES string of the molecule is CC(Cc1ccccc1)NS(=O)(=O)C(F)(F)F. The van der Waals surface area contributed by atoms with Crippen molar-refractivity contribution in [1.29, 1.82) is 0 Å². The molecule has 0 aliphatic rings. The molecule has 96 valence electrons. The maximum Gasteiger partial charge on any atom is 0.511 e. The van der Waals surface area contributed by atoms with E-state index in [-0.39, 0.29) is 6.42 Å². The van der Waals surface area contributed by atoms with E-state index in [1.807, 2.05) is 0 Å². The largest absolute Gasteiger partial charge is 0.511 e. The first-order valence-corrected chi connectivity index (χ1v) is 6.33. The molecular formula is C10H12F3NO2S. The molecule has 1 unspecified atom stereocenters. The molecule has 1 atom stereocenters. The lowest BCUT2D eigenvalue weighted by atomic mass is 10.1. The Hall–Kier alpha value is -1.08. The van der Waals surface area contributed by atoms with Crippen molar-refractivity contribution in [3.05, 3.63) is 35.9 Å². The summed E-state index contributed by atoms with van der Waals surface area (Å²) in [6.07, 6.45) is 0.205. The number of nitrogens with one attached hydrogen (secondary N) is 1. The molecule has 3 nitrogen and oxygen atoms in total. The summed E-state index contributed by atoms with van der Waals surface area (Å²) in [7, 11) is -5.27. The zero-order valence-corrected chi connectivity index (χ0v) is 9.85. The first kappa shape index (κ1) is 14.0. The molecule has 7 heteroatoms. The molecule has 0 radical (unpaired) electrons. The highest BCUT2D eigenvalue weighted by Gasteiger charge is 2.46. The van der Waals surface area contributed by atoms with E-state index in [1.165, 1.54) is 6.92 Å². The lowest BCUT2D eigenvalue weighted by Crippen LogP contribution is -2.42. The van der Waals surface area contributed by atoms with Crippen LogP contribution in [-0.4, -0.2) is 20.0 Å². The maximum absolute atomic E-state index is 12.1. The van der Waals surface area contributed by atoms with Crippen LogP contribution in [0.1, 0.15) is 12.5 Å². The van der Waals surface area contributed by atoms with Crippen LogP contribution in [0.15, 0.2) is 30.3 Å². The number of benzene rings is 1. The third-order valence-corrected chi connectivity index (χ3v) is 3.37. The first-order chi connectivity index (χ1) is 7.72. The van der Waals surface area contributed by atoms with Gasteiger partial charge in [-0.15, -0.1) is 0 Å². The number of halogens is 3. The Kier molecular flexibility index (Phi) is 4.16. The molecule has 0 saturated carbocycles. The molecule has 0 aliphatic carbocycles. The number of hydrogen-bond donors (Lipinski definition) is 1. The van der Waals surface area contributed by atoms with E-state index in [0.717, 1.165) is 5.56 Å². The van der Waals surface area contributed by atoms with Crippen molar-refractivity contribution in [2.75, 3.05) is 0 Å². The van der Waals surface area contributed by atoms with Gasteiger partial charge in [0.1, 0.15) is 0 Å². The van der Waals surface area contributed by atoms with Crippen molar-refractivity contribution in [3.8, 4) is 0 Å². The Morgan fingerprint density at radius 2 is 1.76 bits per heavy atom. The van der Waals surface area contributed by atoms with Crippen molar-refractivity contribution in [1.82, 2.24) is 4.72 Å². The van der Waals surface area contributed by atoms with Crippen LogP contribution in [-0.2, 0) is 16.4 Å². The summed E-state index contributed by atoms with van der Waals surface area (Å²) in [5.41, 5.74) is -4.50. The van der Waals surface area contributed by atoms with Crippen molar-refractivity contribution in [2.24, 2.45) is 0 Å². The van der Waals surface area contributed by atoms with Crippen LogP contribution in [0.5, 0.6) is 0 Å². The van der Waals surface area contributed by atoms with Crippen LogP contribution in [0.25, 0.3) is 0 Å². The predicted molar refractivity (Wildman–Crippen MR) is 57.7 cm³/mol. The van der Waals surface area contributed by atoms with E-state index in [2.05, 4.69) is 0 Å².